The molecule has 3 rings (SSSR count). The number of nitrogen functional groups attached to an aromatic ring is 1. The number of benzene rings is 2. The fourth-order valence-electron chi connectivity index (χ4n) is 3.66. The van der Waals surface area contributed by atoms with Crippen molar-refractivity contribution in [1.82, 2.24) is 14.9 Å². The van der Waals surface area contributed by atoms with Gasteiger partial charge in [0.1, 0.15) is 11.9 Å². The molecule has 1 heterocycles. The molecule has 1 fully saturated rings. The van der Waals surface area contributed by atoms with E-state index >= 15 is 0 Å². The van der Waals surface area contributed by atoms with Gasteiger partial charge in [-0.15, -0.1) is 0 Å². The number of amides is 2. The number of nitrogens with zero attached hydrogens (tertiary/aromatic N) is 1. The molecule has 2 aromatic carbocycles. The Labute approximate surface area is 193 Å². The van der Waals surface area contributed by atoms with Crippen molar-refractivity contribution in [3.63, 3.8) is 0 Å². The fourth-order valence-corrected chi connectivity index (χ4v) is 5.02. The van der Waals surface area contributed by atoms with Crippen LogP contribution in [0.15, 0.2) is 54.6 Å². The van der Waals surface area contributed by atoms with E-state index in [0.717, 1.165) is 5.56 Å². The summed E-state index contributed by atoms with van der Waals surface area (Å²) in [5.74, 6) is -0.948. The largest absolute Gasteiger partial charge is 0.384 e. The van der Waals surface area contributed by atoms with Gasteiger partial charge in [0, 0.05) is 18.7 Å². The van der Waals surface area contributed by atoms with Crippen molar-refractivity contribution in [1.29, 1.82) is 5.41 Å². The SMILES string of the molecule is N=C(N)c1ccc(CNC(=O)CN2CCCCC(NS(=O)(=O)Cc3ccccc3)C2=O)cc1. The van der Waals surface area contributed by atoms with E-state index in [9.17, 15) is 18.0 Å². The Morgan fingerprint density at radius 3 is 2.42 bits per heavy atom. The van der Waals surface area contributed by atoms with Gasteiger partial charge in [-0.05, 0) is 30.4 Å². The molecule has 5 N–H and O–H groups in total. The molecule has 1 unspecified atom stereocenters. The van der Waals surface area contributed by atoms with Gasteiger partial charge >= 0.3 is 0 Å². The fraction of sp³-hybridized carbons (Fsp3) is 0.348. The summed E-state index contributed by atoms with van der Waals surface area (Å²) in [4.78, 5) is 26.8. The second-order valence-corrected chi connectivity index (χ2v) is 9.81. The minimum Gasteiger partial charge on any atom is -0.384 e. The van der Waals surface area contributed by atoms with Crippen molar-refractivity contribution in [3.8, 4) is 0 Å². The quantitative estimate of drug-likeness (QED) is 0.319. The van der Waals surface area contributed by atoms with E-state index in [4.69, 9.17) is 11.1 Å². The highest BCUT2D eigenvalue weighted by atomic mass is 32.2. The number of nitrogens with two attached hydrogens (primary N) is 1. The molecule has 0 aliphatic carbocycles. The van der Waals surface area contributed by atoms with E-state index in [1.54, 1.807) is 48.5 Å². The monoisotopic (exact) mass is 471 g/mol. The van der Waals surface area contributed by atoms with Crippen molar-refractivity contribution in [2.45, 2.75) is 37.6 Å². The lowest BCUT2D eigenvalue weighted by Crippen LogP contribution is -2.50. The molecule has 0 spiro atoms. The third-order valence-electron chi connectivity index (χ3n) is 5.39. The van der Waals surface area contributed by atoms with Crippen LogP contribution in [-0.4, -0.2) is 50.1 Å². The zero-order valence-corrected chi connectivity index (χ0v) is 19.1. The number of hydrogen-bond donors (Lipinski definition) is 4. The van der Waals surface area contributed by atoms with Crippen LogP contribution >= 0.6 is 0 Å². The van der Waals surface area contributed by atoms with Crippen LogP contribution < -0.4 is 15.8 Å². The first-order valence-electron chi connectivity index (χ1n) is 10.8. The Morgan fingerprint density at radius 1 is 1.06 bits per heavy atom. The third kappa shape index (κ3) is 7.40. The second kappa shape index (κ2) is 11.1. The number of amidine groups is 1. The average Bonchev–Trinajstić information content (AvgIpc) is 2.94. The second-order valence-electron chi connectivity index (χ2n) is 8.06. The molecule has 1 aliphatic heterocycles. The van der Waals surface area contributed by atoms with Gasteiger partial charge in [-0.3, -0.25) is 15.0 Å². The van der Waals surface area contributed by atoms with E-state index in [0.29, 0.717) is 36.9 Å². The van der Waals surface area contributed by atoms with E-state index in [1.807, 2.05) is 6.07 Å². The van der Waals surface area contributed by atoms with Gasteiger partial charge < -0.3 is 16.0 Å². The van der Waals surface area contributed by atoms with Gasteiger partial charge in [0.2, 0.25) is 21.8 Å². The summed E-state index contributed by atoms with van der Waals surface area (Å²) >= 11 is 0. The standard InChI is InChI=1S/C23H29N5O4S/c24-22(25)19-11-9-17(10-12-19)14-26-21(29)15-28-13-5-4-8-20(23(28)30)27-33(31,32)16-18-6-2-1-3-7-18/h1-3,6-7,9-12,20,27H,4-5,8,13-16H2,(H3,24,25)(H,26,29). The highest BCUT2D eigenvalue weighted by Crippen LogP contribution is 2.14. The molecule has 9 nitrogen and oxygen atoms in total. The number of rotatable bonds is 9. The van der Waals surface area contributed by atoms with E-state index < -0.39 is 16.1 Å². The highest BCUT2D eigenvalue weighted by Gasteiger charge is 2.31. The summed E-state index contributed by atoms with van der Waals surface area (Å²) in [7, 11) is -3.71. The van der Waals surface area contributed by atoms with Gasteiger partial charge in [-0.25, -0.2) is 13.1 Å². The van der Waals surface area contributed by atoms with Crippen LogP contribution in [0.2, 0.25) is 0 Å². The normalized spacial score (nSPS) is 16.8. The van der Waals surface area contributed by atoms with Gasteiger partial charge in [0.25, 0.3) is 0 Å². The molecule has 176 valence electrons. The van der Waals surface area contributed by atoms with Crippen molar-refractivity contribution in [2.75, 3.05) is 13.1 Å². The lowest BCUT2D eigenvalue weighted by Gasteiger charge is -2.24. The van der Waals surface area contributed by atoms with E-state index in [1.165, 1.54) is 4.90 Å². The summed E-state index contributed by atoms with van der Waals surface area (Å²) in [5.41, 5.74) is 7.51. The number of hydrogen-bond acceptors (Lipinski definition) is 5. The van der Waals surface area contributed by atoms with Crippen LogP contribution in [0.25, 0.3) is 0 Å². The zero-order chi connectivity index (χ0) is 23.8. The van der Waals surface area contributed by atoms with E-state index in [-0.39, 0.29) is 36.5 Å². The van der Waals surface area contributed by atoms with Crippen molar-refractivity contribution < 1.29 is 18.0 Å². The van der Waals surface area contributed by atoms with Crippen molar-refractivity contribution in [3.05, 3.63) is 71.3 Å². The van der Waals surface area contributed by atoms with Crippen LogP contribution in [0, 0.1) is 5.41 Å². The Balaban J connectivity index is 1.55. The summed E-state index contributed by atoms with van der Waals surface area (Å²) in [6.07, 6.45) is 1.78. The first-order chi connectivity index (χ1) is 15.7. The molecular formula is C23H29N5O4S. The Morgan fingerprint density at radius 2 is 1.76 bits per heavy atom. The number of likely N-dealkylation sites (tertiary alicyclic amines) is 1. The molecule has 0 radical (unpaired) electrons. The Hall–Kier alpha value is -3.24. The summed E-state index contributed by atoms with van der Waals surface area (Å²) in [6.45, 7) is 0.532. The molecule has 0 aromatic heterocycles. The molecule has 33 heavy (non-hydrogen) atoms. The van der Waals surface area contributed by atoms with Gasteiger partial charge in [-0.1, -0.05) is 54.6 Å². The average molecular weight is 472 g/mol. The van der Waals surface area contributed by atoms with Gasteiger partial charge in [0.15, 0.2) is 0 Å². The minimum atomic E-state index is -3.71. The summed E-state index contributed by atoms with van der Waals surface area (Å²) in [6, 6.07) is 14.8. The molecule has 10 heteroatoms. The topological polar surface area (TPSA) is 145 Å². The molecule has 0 saturated carbocycles. The van der Waals surface area contributed by atoms with Crippen LogP contribution in [0.3, 0.4) is 0 Å². The van der Waals surface area contributed by atoms with Crippen LogP contribution in [-0.2, 0) is 31.9 Å². The predicted octanol–water partition coefficient (Wildman–Crippen LogP) is 1.09. The lowest BCUT2D eigenvalue weighted by molar-refractivity contribution is -0.136. The first-order valence-corrected chi connectivity index (χ1v) is 12.4. The Kier molecular flexibility index (Phi) is 8.18. The maximum absolute atomic E-state index is 13.0. The lowest BCUT2D eigenvalue weighted by atomic mass is 10.1. The smallest absolute Gasteiger partial charge is 0.241 e. The number of carbonyl (C=O) groups excluding carboxylic acids is 2. The predicted molar refractivity (Wildman–Crippen MR) is 126 cm³/mol. The Bertz CT molecular complexity index is 1090. The maximum Gasteiger partial charge on any atom is 0.241 e. The molecule has 1 aliphatic rings. The molecule has 0 bridgehead atoms. The number of nitrogens with one attached hydrogen (secondary N) is 3. The van der Waals surface area contributed by atoms with Crippen molar-refractivity contribution >= 4 is 27.7 Å². The number of carbonyl (C=O) groups is 2. The molecule has 1 saturated heterocycles. The van der Waals surface area contributed by atoms with Crippen LogP contribution in [0.4, 0.5) is 0 Å². The van der Waals surface area contributed by atoms with Crippen molar-refractivity contribution in [2.24, 2.45) is 5.73 Å². The van der Waals surface area contributed by atoms with Crippen LogP contribution in [0.5, 0.6) is 0 Å². The van der Waals surface area contributed by atoms with Gasteiger partial charge in [0.05, 0.1) is 12.3 Å². The zero-order valence-electron chi connectivity index (χ0n) is 18.3. The maximum atomic E-state index is 13.0. The summed E-state index contributed by atoms with van der Waals surface area (Å²) in [5, 5.41) is 10.2. The van der Waals surface area contributed by atoms with Crippen LogP contribution in [0.1, 0.15) is 36.0 Å². The molecule has 2 amide bonds. The van der Waals surface area contributed by atoms with Gasteiger partial charge in [-0.2, -0.15) is 0 Å². The summed E-state index contributed by atoms with van der Waals surface area (Å²) < 4.78 is 27.7. The van der Waals surface area contributed by atoms with E-state index in [2.05, 4.69) is 10.0 Å². The third-order valence-corrected chi connectivity index (χ3v) is 6.75. The molecular weight excluding hydrogens is 442 g/mol. The molecule has 2 aromatic rings. The minimum absolute atomic E-state index is 0.0285. The molecule has 1 atom stereocenters. The first kappa shape index (κ1) is 24.4. The highest BCUT2D eigenvalue weighted by molar-refractivity contribution is 7.88. The number of sulfonamides is 1.